The third kappa shape index (κ3) is 11.8. The van der Waals surface area contributed by atoms with E-state index in [4.69, 9.17) is 23.9 Å². The van der Waals surface area contributed by atoms with Crippen LogP contribution in [-0.2, 0) is 31.2 Å². The first-order valence-electron chi connectivity index (χ1n) is 16.7. The second-order valence-electron chi connectivity index (χ2n) is 14.4. The Balaban J connectivity index is 1.86. The van der Waals surface area contributed by atoms with Crippen LogP contribution in [0.15, 0.2) is 54.7 Å². The molecule has 3 rings (SSSR count). The number of rotatable bonds is 17. The molecule has 2 aromatic carbocycles. The van der Waals surface area contributed by atoms with Gasteiger partial charge in [-0.1, -0.05) is 64.4 Å². The number of amides is 1. The SMILES string of the molecule is CCCCCCCOc1ccc(-c2cn(-c3ccc([C@](C)(NC(=O)OC(C)(C)C)C(=O)OC)cc3)c(COCC[Si](C)(C)C)n2)cc1. The lowest BCUT2D eigenvalue weighted by molar-refractivity contribution is -0.148. The van der Waals surface area contributed by atoms with Crippen LogP contribution in [-0.4, -0.2) is 55.6 Å². The largest absolute Gasteiger partial charge is 0.494 e. The monoisotopic (exact) mass is 665 g/mol. The smallest absolute Gasteiger partial charge is 0.408 e. The Morgan fingerprint density at radius 2 is 1.55 bits per heavy atom. The molecular weight excluding hydrogens is 611 g/mol. The summed E-state index contributed by atoms with van der Waals surface area (Å²) in [5, 5.41) is 2.71. The summed E-state index contributed by atoms with van der Waals surface area (Å²) >= 11 is 0. The van der Waals surface area contributed by atoms with Gasteiger partial charge in [0.2, 0.25) is 0 Å². The van der Waals surface area contributed by atoms with E-state index < -0.39 is 31.3 Å². The van der Waals surface area contributed by atoms with Gasteiger partial charge in [0.1, 0.15) is 23.8 Å². The lowest BCUT2D eigenvalue weighted by Gasteiger charge is -2.30. The highest BCUT2D eigenvalue weighted by Gasteiger charge is 2.39. The highest BCUT2D eigenvalue weighted by atomic mass is 28.3. The Hall–Kier alpha value is -3.63. The van der Waals surface area contributed by atoms with Crippen LogP contribution in [0.3, 0.4) is 0 Å². The van der Waals surface area contributed by atoms with Crippen LogP contribution in [0, 0.1) is 0 Å². The maximum absolute atomic E-state index is 12.9. The average Bonchev–Trinajstić information content (AvgIpc) is 3.43. The second kappa shape index (κ2) is 17.0. The Morgan fingerprint density at radius 1 is 0.894 bits per heavy atom. The molecule has 0 aliphatic heterocycles. The number of alkyl carbamates (subject to hydrolysis) is 1. The number of hydrogen-bond donors (Lipinski definition) is 1. The van der Waals surface area contributed by atoms with E-state index in [1.807, 2.05) is 47.2 Å². The number of unbranched alkanes of at least 4 members (excludes halogenated alkanes) is 4. The fraction of sp³-hybridized carbons (Fsp3) is 0.541. The standard InChI is InChI=1S/C37H55N3O6Si/c1-10-11-12-13-14-23-45-31-21-15-28(16-22-31)32-26-40(33(38-32)27-44-24-25-47(7,8)9)30-19-17-29(18-20-30)37(5,34(41)43-6)39-35(42)46-36(2,3)4/h15-22,26H,10-14,23-25,27H2,1-9H3,(H,39,42)/t37-/m0/s1. The van der Waals surface area contributed by atoms with Gasteiger partial charge < -0.3 is 28.8 Å². The first-order valence-corrected chi connectivity index (χ1v) is 20.5. The van der Waals surface area contributed by atoms with E-state index in [2.05, 4.69) is 31.9 Å². The average molecular weight is 666 g/mol. The molecule has 0 fully saturated rings. The van der Waals surface area contributed by atoms with Gasteiger partial charge in [-0.15, -0.1) is 0 Å². The fourth-order valence-corrected chi connectivity index (χ4v) is 5.71. The van der Waals surface area contributed by atoms with E-state index in [0.29, 0.717) is 18.8 Å². The summed E-state index contributed by atoms with van der Waals surface area (Å²) in [7, 11) is 0.0450. The van der Waals surface area contributed by atoms with Gasteiger partial charge in [0, 0.05) is 32.1 Å². The molecule has 1 amide bonds. The van der Waals surface area contributed by atoms with E-state index in [1.54, 1.807) is 39.8 Å². The molecule has 10 heteroatoms. The number of aromatic nitrogens is 2. The fourth-order valence-electron chi connectivity index (χ4n) is 4.95. The van der Waals surface area contributed by atoms with Gasteiger partial charge in [-0.3, -0.25) is 0 Å². The lowest BCUT2D eigenvalue weighted by Crippen LogP contribution is -2.51. The van der Waals surface area contributed by atoms with Crippen LogP contribution < -0.4 is 10.1 Å². The number of nitrogens with zero attached hydrogens (tertiary/aromatic N) is 2. The molecule has 258 valence electrons. The van der Waals surface area contributed by atoms with E-state index in [9.17, 15) is 9.59 Å². The molecule has 0 aliphatic rings. The lowest BCUT2D eigenvalue weighted by atomic mass is 9.92. The summed E-state index contributed by atoms with van der Waals surface area (Å²) < 4.78 is 24.6. The molecule has 0 aliphatic carbocycles. The molecule has 1 heterocycles. The number of carbonyl (C=O) groups excluding carboxylic acids is 2. The number of methoxy groups -OCH3 is 1. The van der Waals surface area contributed by atoms with Crippen molar-refractivity contribution in [2.45, 2.75) is 110 Å². The summed E-state index contributed by atoms with van der Waals surface area (Å²) in [6.45, 7) is 17.9. The molecule has 0 saturated heterocycles. The van der Waals surface area contributed by atoms with Gasteiger partial charge in [0.05, 0.1) is 19.4 Å². The van der Waals surface area contributed by atoms with Crippen LogP contribution in [0.4, 0.5) is 4.79 Å². The van der Waals surface area contributed by atoms with E-state index in [-0.39, 0.29) is 0 Å². The van der Waals surface area contributed by atoms with Crippen molar-refractivity contribution in [3.05, 3.63) is 66.1 Å². The zero-order chi connectivity index (χ0) is 34.7. The zero-order valence-corrected chi connectivity index (χ0v) is 30.9. The van der Waals surface area contributed by atoms with Crippen molar-refractivity contribution >= 4 is 20.1 Å². The van der Waals surface area contributed by atoms with Crippen molar-refractivity contribution in [3.8, 4) is 22.7 Å². The summed E-state index contributed by atoms with van der Waals surface area (Å²) in [6, 6.07) is 16.5. The third-order valence-electron chi connectivity index (χ3n) is 7.74. The summed E-state index contributed by atoms with van der Waals surface area (Å²) in [5.41, 5.74) is 0.988. The maximum Gasteiger partial charge on any atom is 0.408 e. The number of imidazole rings is 1. The molecule has 3 aromatic rings. The van der Waals surface area contributed by atoms with Gasteiger partial charge in [-0.05, 0) is 82.1 Å². The topological polar surface area (TPSA) is 101 Å². The predicted molar refractivity (Wildman–Crippen MR) is 190 cm³/mol. The van der Waals surface area contributed by atoms with Crippen LogP contribution >= 0.6 is 0 Å². The first kappa shape index (κ1) is 37.8. The molecule has 9 nitrogen and oxygen atoms in total. The summed E-state index contributed by atoms with van der Waals surface area (Å²) in [5.74, 6) is 1.00. The third-order valence-corrected chi connectivity index (χ3v) is 9.44. The Labute approximate surface area is 282 Å². The van der Waals surface area contributed by atoms with Crippen molar-refractivity contribution < 1.29 is 28.5 Å². The van der Waals surface area contributed by atoms with Gasteiger partial charge in [0.25, 0.3) is 0 Å². The number of hydrogen-bond acceptors (Lipinski definition) is 7. The van der Waals surface area contributed by atoms with Crippen LogP contribution in [0.1, 0.15) is 78.1 Å². The van der Waals surface area contributed by atoms with Crippen LogP contribution in [0.5, 0.6) is 5.75 Å². The number of benzene rings is 2. The van der Waals surface area contributed by atoms with Crippen molar-refractivity contribution in [2.75, 3.05) is 20.3 Å². The van der Waals surface area contributed by atoms with Gasteiger partial charge in [0.15, 0.2) is 5.54 Å². The first-order chi connectivity index (χ1) is 22.1. The normalized spacial score (nSPS) is 13.1. The Kier molecular flexibility index (Phi) is 13.7. The molecule has 1 N–H and O–H groups in total. The van der Waals surface area contributed by atoms with Crippen molar-refractivity contribution in [3.63, 3.8) is 0 Å². The maximum atomic E-state index is 12.9. The van der Waals surface area contributed by atoms with Crippen LogP contribution in [0.2, 0.25) is 25.7 Å². The molecule has 47 heavy (non-hydrogen) atoms. The molecule has 0 unspecified atom stereocenters. The minimum atomic E-state index is -1.46. The molecule has 0 saturated carbocycles. The second-order valence-corrected chi connectivity index (χ2v) is 20.0. The molecular formula is C37H55N3O6Si. The number of esters is 1. The van der Waals surface area contributed by atoms with E-state index in [1.165, 1.54) is 32.8 Å². The Bertz CT molecular complexity index is 1420. The van der Waals surface area contributed by atoms with Gasteiger partial charge >= 0.3 is 12.1 Å². The highest BCUT2D eigenvalue weighted by molar-refractivity contribution is 6.76. The molecule has 0 bridgehead atoms. The molecule has 1 atom stereocenters. The van der Waals surface area contributed by atoms with Crippen LogP contribution in [0.25, 0.3) is 16.9 Å². The molecule has 0 radical (unpaired) electrons. The number of carbonyl (C=O) groups is 2. The van der Waals surface area contributed by atoms with E-state index in [0.717, 1.165) is 47.6 Å². The van der Waals surface area contributed by atoms with E-state index >= 15 is 0 Å². The minimum Gasteiger partial charge on any atom is -0.494 e. The van der Waals surface area contributed by atoms with Gasteiger partial charge in [-0.25, -0.2) is 14.6 Å². The van der Waals surface area contributed by atoms with Gasteiger partial charge in [-0.2, -0.15) is 0 Å². The molecule has 1 aromatic heterocycles. The predicted octanol–water partition coefficient (Wildman–Crippen LogP) is 8.66. The van der Waals surface area contributed by atoms with Crippen molar-refractivity contribution in [2.24, 2.45) is 0 Å². The number of ether oxygens (including phenoxy) is 4. The number of nitrogens with one attached hydrogen (secondary N) is 1. The highest BCUT2D eigenvalue weighted by Crippen LogP contribution is 2.28. The quantitative estimate of drug-likeness (QED) is 0.0875. The molecule has 0 spiro atoms. The van der Waals surface area contributed by atoms with Crippen molar-refractivity contribution in [1.82, 2.24) is 14.9 Å². The Morgan fingerprint density at radius 3 is 2.15 bits per heavy atom. The minimum absolute atomic E-state index is 0.353. The summed E-state index contributed by atoms with van der Waals surface area (Å²) in [6.07, 6.45) is 7.29. The summed E-state index contributed by atoms with van der Waals surface area (Å²) in [4.78, 5) is 30.6. The zero-order valence-electron chi connectivity index (χ0n) is 29.9. The van der Waals surface area contributed by atoms with Crippen molar-refractivity contribution in [1.29, 1.82) is 0 Å².